The second kappa shape index (κ2) is 7.27. The minimum absolute atomic E-state index is 0.192. The SMILES string of the molecule is CS(=O)(=O)c1cccc(-c2ccnc3cc(-c4ccc(=O)n(CC(=O)O)c4)oc23)c1. The van der Waals surface area contributed by atoms with E-state index >= 15 is 0 Å². The van der Waals surface area contributed by atoms with Gasteiger partial charge in [-0.2, -0.15) is 0 Å². The number of hydrogen-bond donors (Lipinski definition) is 1. The predicted molar refractivity (Wildman–Crippen MR) is 110 cm³/mol. The van der Waals surface area contributed by atoms with Crippen molar-refractivity contribution in [1.82, 2.24) is 9.55 Å². The highest BCUT2D eigenvalue weighted by atomic mass is 32.2. The van der Waals surface area contributed by atoms with Gasteiger partial charge in [0.25, 0.3) is 5.56 Å². The molecule has 9 heteroatoms. The lowest BCUT2D eigenvalue weighted by atomic mass is 10.1. The summed E-state index contributed by atoms with van der Waals surface area (Å²) < 4.78 is 30.9. The fourth-order valence-electron chi connectivity index (χ4n) is 3.15. The first-order valence-electron chi connectivity index (χ1n) is 8.84. The summed E-state index contributed by atoms with van der Waals surface area (Å²) in [5.41, 5.74) is 2.40. The maximum Gasteiger partial charge on any atom is 0.323 e. The molecular formula is C21H16N2O6S. The molecule has 3 aromatic heterocycles. The molecule has 0 spiro atoms. The van der Waals surface area contributed by atoms with E-state index in [9.17, 15) is 18.0 Å². The van der Waals surface area contributed by atoms with Gasteiger partial charge in [0.1, 0.15) is 17.8 Å². The van der Waals surface area contributed by atoms with Crippen molar-refractivity contribution in [1.29, 1.82) is 0 Å². The molecule has 0 amide bonds. The smallest absolute Gasteiger partial charge is 0.323 e. The molecule has 4 rings (SSSR count). The lowest BCUT2D eigenvalue weighted by Gasteiger charge is -2.05. The fourth-order valence-corrected chi connectivity index (χ4v) is 3.82. The van der Waals surface area contributed by atoms with Crippen LogP contribution < -0.4 is 5.56 Å². The molecule has 0 fully saturated rings. The van der Waals surface area contributed by atoms with Gasteiger partial charge in [-0.15, -0.1) is 0 Å². The maximum absolute atomic E-state index is 11.9. The van der Waals surface area contributed by atoms with Gasteiger partial charge < -0.3 is 14.1 Å². The van der Waals surface area contributed by atoms with Gasteiger partial charge in [0.05, 0.1) is 4.90 Å². The quantitative estimate of drug-likeness (QED) is 0.523. The summed E-state index contributed by atoms with van der Waals surface area (Å²) in [5.74, 6) is -0.725. The molecule has 0 bridgehead atoms. The van der Waals surface area contributed by atoms with E-state index in [0.29, 0.717) is 33.6 Å². The number of carbonyl (C=O) groups is 1. The zero-order valence-electron chi connectivity index (χ0n) is 15.8. The third kappa shape index (κ3) is 3.74. The van der Waals surface area contributed by atoms with Crippen LogP contribution in [0.4, 0.5) is 0 Å². The van der Waals surface area contributed by atoms with Crippen LogP contribution in [0, 0.1) is 0 Å². The Kier molecular flexibility index (Phi) is 4.75. The summed E-state index contributed by atoms with van der Waals surface area (Å²) >= 11 is 0. The van der Waals surface area contributed by atoms with Crippen molar-refractivity contribution in [2.45, 2.75) is 11.4 Å². The molecule has 0 aliphatic rings. The third-order valence-electron chi connectivity index (χ3n) is 4.56. The van der Waals surface area contributed by atoms with E-state index in [1.54, 1.807) is 42.6 Å². The zero-order valence-corrected chi connectivity index (χ0v) is 16.6. The number of carboxylic acid groups (broad SMARTS) is 1. The number of pyridine rings is 2. The molecule has 0 saturated heterocycles. The van der Waals surface area contributed by atoms with Gasteiger partial charge in [-0.05, 0) is 29.8 Å². The van der Waals surface area contributed by atoms with Crippen molar-refractivity contribution < 1.29 is 22.7 Å². The van der Waals surface area contributed by atoms with Crippen LogP contribution in [0.1, 0.15) is 0 Å². The summed E-state index contributed by atoms with van der Waals surface area (Å²) in [6, 6.07) is 12.8. The van der Waals surface area contributed by atoms with E-state index < -0.39 is 27.9 Å². The van der Waals surface area contributed by atoms with Crippen molar-refractivity contribution in [2.75, 3.05) is 6.26 Å². The second-order valence-corrected chi connectivity index (χ2v) is 8.78. The summed E-state index contributed by atoms with van der Waals surface area (Å²) in [4.78, 5) is 27.3. The standard InChI is InChI=1S/C21H16N2O6S/c1-30(27,28)15-4-2-3-13(9-15)16-7-8-22-17-10-18(29-21(16)17)14-5-6-19(24)23(11-14)12-20(25)26/h2-11H,12H2,1H3,(H,25,26). The number of nitrogens with zero attached hydrogens (tertiary/aromatic N) is 2. The van der Waals surface area contributed by atoms with Crippen LogP contribution >= 0.6 is 0 Å². The average molecular weight is 424 g/mol. The number of fused-ring (bicyclic) bond motifs is 1. The van der Waals surface area contributed by atoms with Crippen molar-refractivity contribution >= 4 is 26.9 Å². The molecule has 152 valence electrons. The molecule has 0 aliphatic heterocycles. The van der Waals surface area contributed by atoms with E-state index in [1.807, 2.05) is 0 Å². The number of sulfone groups is 1. The largest absolute Gasteiger partial charge is 0.480 e. The Morgan fingerprint density at radius 1 is 1.13 bits per heavy atom. The zero-order chi connectivity index (χ0) is 21.5. The lowest BCUT2D eigenvalue weighted by molar-refractivity contribution is -0.137. The summed E-state index contributed by atoms with van der Waals surface area (Å²) in [5, 5.41) is 8.97. The topological polar surface area (TPSA) is 119 Å². The van der Waals surface area contributed by atoms with E-state index in [1.165, 1.54) is 18.3 Å². The fraction of sp³-hybridized carbons (Fsp3) is 0.0952. The Morgan fingerprint density at radius 3 is 2.67 bits per heavy atom. The molecule has 1 aromatic carbocycles. The van der Waals surface area contributed by atoms with Crippen molar-refractivity contribution in [3.63, 3.8) is 0 Å². The minimum Gasteiger partial charge on any atom is -0.480 e. The molecule has 8 nitrogen and oxygen atoms in total. The highest BCUT2D eigenvalue weighted by Gasteiger charge is 2.15. The van der Waals surface area contributed by atoms with Crippen LogP contribution in [0.5, 0.6) is 0 Å². The van der Waals surface area contributed by atoms with E-state index in [0.717, 1.165) is 10.8 Å². The van der Waals surface area contributed by atoms with Gasteiger partial charge in [-0.3, -0.25) is 14.6 Å². The predicted octanol–water partition coefficient (Wildman–Crippen LogP) is 2.81. The molecule has 1 N–H and O–H groups in total. The number of hydrogen-bond acceptors (Lipinski definition) is 6. The van der Waals surface area contributed by atoms with Crippen LogP contribution in [0.2, 0.25) is 0 Å². The maximum atomic E-state index is 11.9. The highest BCUT2D eigenvalue weighted by molar-refractivity contribution is 7.90. The van der Waals surface area contributed by atoms with Crippen LogP contribution in [-0.2, 0) is 21.2 Å². The molecular weight excluding hydrogens is 408 g/mol. The van der Waals surface area contributed by atoms with Crippen LogP contribution in [0.15, 0.2) is 75.0 Å². The molecule has 0 radical (unpaired) electrons. The molecule has 3 heterocycles. The minimum atomic E-state index is -3.37. The Hall–Kier alpha value is -3.72. The van der Waals surface area contributed by atoms with Crippen molar-refractivity contribution in [3.8, 4) is 22.5 Å². The molecule has 0 unspecified atom stereocenters. The van der Waals surface area contributed by atoms with Gasteiger partial charge in [-0.1, -0.05) is 12.1 Å². The van der Waals surface area contributed by atoms with Crippen molar-refractivity contribution in [3.05, 3.63) is 71.3 Å². The third-order valence-corrected chi connectivity index (χ3v) is 5.67. The molecule has 0 saturated carbocycles. The first-order chi connectivity index (χ1) is 14.2. The number of benzene rings is 1. The molecule has 0 aliphatic carbocycles. The Morgan fingerprint density at radius 2 is 1.93 bits per heavy atom. The lowest BCUT2D eigenvalue weighted by Crippen LogP contribution is -2.22. The number of carboxylic acids is 1. The monoisotopic (exact) mass is 424 g/mol. The first-order valence-corrected chi connectivity index (χ1v) is 10.7. The average Bonchev–Trinajstić information content (AvgIpc) is 3.13. The second-order valence-electron chi connectivity index (χ2n) is 6.76. The Balaban J connectivity index is 1.85. The summed E-state index contributed by atoms with van der Waals surface area (Å²) in [6.07, 6.45) is 4.15. The van der Waals surface area contributed by atoms with Gasteiger partial charge in [0, 0.05) is 41.9 Å². The molecule has 4 aromatic rings. The Bertz CT molecular complexity index is 1450. The van der Waals surface area contributed by atoms with Gasteiger partial charge in [0.15, 0.2) is 15.4 Å². The van der Waals surface area contributed by atoms with E-state index in [4.69, 9.17) is 9.52 Å². The van der Waals surface area contributed by atoms with Crippen LogP contribution in [-0.4, -0.2) is 35.3 Å². The first kappa shape index (κ1) is 19.6. The number of rotatable bonds is 5. The Labute approximate surface area is 171 Å². The van der Waals surface area contributed by atoms with E-state index in [2.05, 4.69) is 4.98 Å². The van der Waals surface area contributed by atoms with Gasteiger partial charge >= 0.3 is 5.97 Å². The number of furan rings is 1. The number of aliphatic carboxylic acids is 1. The van der Waals surface area contributed by atoms with Gasteiger partial charge in [-0.25, -0.2) is 8.42 Å². The summed E-state index contributed by atoms with van der Waals surface area (Å²) in [7, 11) is -3.37. The molecule has 30 heavy (non-hydrogen) atoms. The summed E-state index contributed by atoms with van der Waals surface area (Å²) in [6.45, 7) is -0.464. The van der Waals surface area contributed by atoms with Gasteiger partial charge in [0.2, 0.25) is 0 Å². The number of aromatic nitrogens is 2. The van der Waals surface area contributed by atoms with Crippen LogP contribution in [0.25, 0.3) is 33.6 Å². The normalized spacial score (nSPS) is 11.6. The molecule has 0 atom stereocenters. The van der Waals surface area contributed by atoms with E-state index in [-0.39, 0.29) is 4.90 Å². The van der Waals surface area contributed by atoms with Crippen molar-refractivity contribution in [2.24, 2.45) is 0 Å². The van der Waals surface area contributed by atoms with Crippen LogP contribution in [0.3, 0.4) is 0 Å². The highest BCUT2D eigenvalue weighted by Crippen LogP contribution is 2.34.